The van der Waals surface area contributed by atoms with Crippen LogP contribution >= 0.6 is 0 Å². The van der Waals surface area contributed by atoms with E-state index in [0.717, 1.165) is 0 Å². The molecule has 6 heteroatoms. The van der Waals surface area contributed by atoms with E-state index in [1.165, 1.54) is 6.20 Å². The Morgan fingerprint density at radius 1 is 1.86 bits per heavy atom. The van der Waals surface area contributed by atoms with Crippen molar-refractivity contribution in [3.8, 4) is 0 Å². The smallest absolute Gasteiger partial charge is 0.305 e. The first-order chi connectivity index (χ1) is 6.63. The highest BCUT2D eigenvalue weighted by molar-refractivity contribution is 5.68. The molecule has 0 aliphatic heterocycles. The summed E-state index contributed by atoms with van der Waals surface area (Å²) in [5.41, 5.74) is 0.682. The zero-order chi connectivity index (χ0) is 10.6. The molecular formula is C8H11N3O3. The number of carboxylic acid groups (broad SMARTS) is 1. The molecule has 0 radical (unpaired) electrons. The highest BCUT2D eigenvalue weighted by Crippen LogP contribution is 2.14. The number of carbonyl (C=O) groups is 2. The number of nitrogens with zero attached hydrogens (tertiary/aromatic N) is 2. The molecule has 1 amide bonds. The van der Waals surface area contributed by atoms with Gasteiger partial charge in [0, 0.05) is 18.8 Å². The lowest BCUT2D eigenvalue weighted by molar-refractivity contribution is -0.137. The number of nitrogens with one attached hydrogen (secondary N) is 1. The number of carbonyl (C=O) groups excluding carboxylic acids is 1. The van der Waals surface area contributed by atoms with Gasteiger partial charge in [0.1, 0.15) is 0 Å². The summed E-state index contributed by atoms with van der Waals surface area (Å²) in [7, 11) is 1.72. The average molecular weight is 197 g/mol. The van der Waals surface area contributed by atoms with Crippen molar-refractivity contribution in [3.63, 3.8) is 0 Å². The molecule has 0 spiro atoms. The Bertz CT molecular complexity index is 334. The Hall–Kier alpha value is -1.85. The van der Waals surface area contributed by atoms with Gasteiger partial charge >= 0.3 is 5.97 Å². The van der Waals surface area contributed by atoms with Gasteiger partial charge in [0.25, 0.3) is 0 Å². The molecule has 2 N–H and O–H groups in total. The van der Waals surface area contributed by atoms with Crippen LogP contribution in [-0.2, 0) is 16.6 Å². The molecule has 0 aromatic carbocycles. The highest BCUT2D eigenvalue weighted by Gasteiger charge is 2.15. The predicted molar refractivity (Wildman–Crippen MR) is 47.4 cm³/mol. The van der Waals surface area contributed by atoms with Gasteiger partial charge in [-0.1, -0.05) is 0 Å². The topological polar surface area (TPSA) is 84.2 Å². The summed E-state index contributed by atoms with van der Waals surface area (Å²) in [6, 6.07) is -0.515. The van der Waals surface area contributed by atoms with Crippen LogP contribution in [0.3, 0.4) is 0 Å². The molecule has 1 aromatic heterocycles. The predicted octanol–water partition coefficient (Wildman–Crippen LogP) is -0.318. The SMILES string of the molecule is Cn1cc([C@@H](CC(=O)O)NC=O)cn1. The molecule has 0 aliphatic carbocycles. The lowest BCUT2D eigenvalue weighted by Gasteiger charge is -2.10. The minimum Gasteiger partial charge on any atom is -0.481 e. The average Bonchev–Trinajstić information content (AvgIpc) is 2.50. The van der Waals surface area contributed by atoms with Crippen molar-refractivity contribution in [2.45, 2.75) is 12.5 Å². The lowest BCUT2D eigenvalue weighted by Crippen LogP contribution is -2.22. The molecule has 1 atom stereocenters. The Balaban J connectivity index is 2.76. The number of hydrogen-bond donors (Lipinski definition) is 2. The maximum Gasteiger partial charge on any atom is 0.305 e. The maximum absolute atomic E-state index is 10.5. The third-order valence-electron chi connectivity index (χ3n) is 1.78. The van der Waals surface area contributed by atoms with E-state index in [-0.39, 0.29) is 6.42 Å². The fourth-order valence-electron chi connectivity index (χ4n) is 1.15. The van der Waals surface area contributed by atoms with E-state index >= 15 is 0 Å². The van der Waals surface area contributed by atoms with Crippen molar-refractivity contribution in [1.82, 2.24) is 15.1 Å². The lowest BCUT2D eigenvalue weighted by atomic mass is 10.1. The summed E-state index contributed by atoms with van der Waals surface area (Å²) in [4.78, 5) is 20.7. The first-order valence-electron chi connectivity index (χ1n) is 4.03. The van der Waals surface area contributed by atoms with Gasteiger partial charge in [-0.15, -0.1) is 0 Å². The van der Waals surface area contributed by atoms with Gasteiger partial charge in [0.05, 0.1) is 18.7 Å². The summed E-state index contributed by atoms with van der Waals surface area (Å²) in [5, 5.41) is 14.9. The Labute approximate surface area is 80.5 Å². The number of amides is 1. The van der Waals surface area contributed by atoms with Crippen LogP contribution in [0.1, 0.15) is 18.0 Å². The van der Waals surface area contributed by atoms with E-state index in [0.29, 0.717) is 12.0 Å². The first-order valence-corrected chi connectivity index (χ1v) is 4.03. The second kappa shape index (κ2) is 4.40. The van der Waals surface area contributed by atoms with E-state index < -0.39 is 12.0 Å². The van der Waals surface area contributed by atoms with Crippen LogP contribution in [-0.4, -0.2) is 27.3 Å². The molecule has 6 nitrogen and oxygen atoms in total. The second-order valence-corrected chi connectivity index (χ2v) is 2.88. The number of rotatable bonds is 5. The van der Waals surface area contributed by atoms with Gasteiger partial charge in [-0.25, -0.2) is 0 Å². The molecule has 76 valence electrons. The van der Waals surface area contributed by atoms with E-state index in [9.17, 15) is 9.59 Å². The molecule has 1 rings (SSSR count). The standard InChI is InChI=1S/C8H11N3O3/c1-11-4-6(3-10-11)7(9-5-12)2-8(13)14/h3-5,7H,2H2,1H3,(H,9,12)(H,13,14)/t7-/m1/s1. The highest BCUT2D eigenvalue weighted by atomic mass is 16.4. The minimum atomic E-state index is -0.965. The van der Waals surface area contributed by atoms with Crippen molar-refractivity contribution in [2.75, 3.05) is 0 Å². The molecule has 14 heavy (non-hydrogen) atoms. The number of hydrogen-bond acceptors (Lipinski definition) is 3. The molecule has 0 bridgehead atoms. The number of aliphatic carboxylic acids is 1. The third kappa shape index (κ3) is 2.58. The zero-order valence-electron chi connectivity index (χ0n) is 7.67. The van der Waals surface area contributed by atoms with E-state index in [1.54, 1.807) is 17.9 Å². The first kappa shape index (κ1) is 10.2. The summed E-state index contributed by atoms with van der Waals surface area (Å²) in [6.45, 7) is 0. The minimum absolute atomic E-state index is 0.148. The Kier molecular flexibility index (Phi) is 3.22. The van der Waals surface area contributed by atoms with Crippen LogP contribution in [0, 0.1) is 0 Å². The van der Waals surface area contributed by atoms with Gasteiger partial charge in [-0.3, -0.25) is 14.3 Å². The van der Waals surface area contributed by atoms with Crippen LogP contribution in [0.5, 0.6) is 0 Å². The van der Waals surface area contributed by atoms with Crippen molar-refractivity contribution >= 4 is 12.4 Å². The summed E-state index contributed by atoms with van der Waals surface area (Å²) >= 11 is 0. The van der Waals surface area contributed by atoms with Gasteiger partial charge in [0.2, 0.25) is 6.41 Å². The molecule has 1 aromatic rings. The van der Waals surface area contributed by atoms with Crippen LogP contribution in [0.2, 0.25) is 0 Å². The molecule has 0 fully saturated rings. The zero-order valence-corrected chi connectivity index (χ0v) is 7.67. The largest absolute Gasteiger partial charge is 0.481 e. The number of aryl methyl sites for hydroxylation is 1. The monoisotopic (exact) mass is 197 g/mol. The molecule has 0 saturated heterocycles. The fourth-order valence-corrected chi connectivity index (χ4v) is 1.15. The summed E-state index contributed by atoms with van der Waals surface area (Å²) in [6.07, 6.45) is 3.54. The van der Waals surface area contributed by atoms with E-state index in [4.69, 9.17) is 5.11 Å². The second-order valence-electron chi connectivity index (χ2n) is 2.88. The fraction of sp³-hybridized carbons (Fsp3) is 0.375. The Morgan fingerprint density at radius 2 is 2.57 bits per heavy atom. The van der Waals surface area contributed by atoms with Crippen LogP contribution in [0.4, 0.5) is 0 Å². The maximum atomic E-state index is 10.5. The van der Waals surface area contributed by atoms with Gasteiger partial charge < -0.3 is 10.4 Å². The number of aromatic nitrogens is 2. The van der Waals surface area contributed by atoms with E-state index in [2.05, 4.69) is 10.4 Å². The molecule has 0 aliphatic rings. The number of carboxylic acids is 1. The van der Waals surface area contributed by atoms with Gasteiger partial charge in [-0.2, -0.15) is 5.10 Å². The molecular weight excluding hydrogens is 186 g/mol. The van der Waals surface area contributed by atoms with Crippen LogP contribution in [0.15, 0.2) is 12.4 Å². The Morgan fingerprint density at radius 3 is 3.00 bits per heavy atom. The van der Waals surface area contributed by atoms with Crippen molar-refractivity contribution in [1.29, 1.82) is 0 Å². The van der Waals surface area contributed by atoms with Crippen molar-refractivity contribution < 1.29 is 14.7 Å². The summed E-state index contributed by atoms with van der Waals surface area (Å²) < 4.78 is 1.55. The van der Waals surface area contributed by atoms with E-state index in [1.807, 2.05) is 0 Å². The molecule has 0 saturated carbocycles. The third-order valence-corrected chi connectivity index (χ3v) is 1.78. The molecule has 0 unspecified atom stereocenters. The van der Waals surface area contributed by atoms with Crippen molar-refractivity contribution in [2.24, 2.45) is 7.05 Å². The van der Waals surface area contributed by atoms with Crippen LogP contribution < -0.4 is 5.32 Å². The van der Waals surface area contributed by atoms with Gasteiger partial charge in [0.15, 0.2) is 0 Å². The summed E-state index contributed by atoms with van der Waals surface area (Å²) in [5.74, 6) is -0.965. The van der Waals surface area contributed by atoms with Gasteiger partial charge in [-0.05, 0) is 0 Å². The van der Waals surface area contributed by atoms with Crippen LogP contribution in [0.25, 0.3) is 0 Å². The molecule has 1 heterocycles. The quantitative estimate of drug-likeness (QED) is 0.634. The van der Waals surface area contributed by atoms with Crippen molar-refractivity contribution in [3.05, 3.63) is 18.0 Å². The normalized spacial score (nSPS) is 12.1.